The van der Waals surface area contributed by atoms with E-state index in [0.29, 0.717) is 17.0 Å². The van der Waals surface area contributed by atoms with Gasteiger partial charge in [-0.2, -0.15) is 0 Å². The first kappa shape index (κ1) is 22.7. The van der Waals surface area contributed by atoms with Crippen LogP contribution in [0.25, 0.3) is 22.3 Å². The molecular weight excluding hydrogens is 398 g/mol. The fourth-order valence-electron chi connectivity index (χ4n) is 5.22. The summed E-state index contributed by atoms with van der Waals surface area (Å²) in [7, 11) is 0. The zero-order valence-electron chi connectivity index (χ0n) is 19.6. The highest BCUT2D eigenvalue weighted by Gasteiger charge is 2.22. The maximum Gasteiger partial charge on any atom is 0.166 e. The van der Waals surface area contributed by atoms with Gasteiger partial charge in [0.05, 0.1) is 0 Å². The highest BCUT2D eigenvalue weighted by molar-refractivity contribution is 5.74. The summed E-state index contributed by atoms with van der Waals surface area (Å²) in [6.45, 7) is 5.82. The van der Waals surface area contributed by atoms with Gasteiger partial charge in [-0.15, -0.1) is 0 Å². The van der Waals surface area contributed by atoms with Gasteiger partial charge in [-0.05, 0) is 84.7 Å². The molecule has 0 unspecified atom stereocenters. The van der Waals surface area contributed by atoms with E-state index in [-0.39, 0.29) is 0 Å². The highest BCUT2D eigenvalue weighted by Crippen LogP contribution is 2.38. The van der Waals surface area contributed by atoms with Crippen LogP contribution in [0.2, 0.25) is 0 Å². The molecule has 0 atom stereocenters. The summed E-state index contributed by atoms with van der Waals surface area (Å²) in [5.41, 5.74) is 6.05. The van der Waals surface area contributed by atoms with E-state index >= 15 is 0 Å². The van der Waals surface area contributed by atoms with Gasteiger partial charge < -0.3 is 0 Å². The first-order chi connectivity index (χ1) is 15.5. The van der Waals surface area contributed by atoms with E-state index in [1.165, 1.54) is 50.5 Å². The maximum atomic E-state index is 14.5. The molecule has 0 amide bonds. The van der Waals surface area contributed by atoms with Crippen LogP contribution in [-0.4, -0.2) is 0 Å². The highest BCUT2D eigenvalue weighted by atomic mass is 19.2. The molecule has 0 bridgehead atoms. The number of halogens is 2. The molecule has 0 saturated heterocycles. The lowest BCUT2D eigenvalue weighted by atomic mass is 9.77. The lowest BCUT2D eigenvalue weighted by molar-refractivity contribution is 0.304. The molecule has 0 heterocycles. The Morgan fingerprint density at radius 3 is 2.03 bits per heavy atom. The van der Waals surface area contributed by atoms with Crippen molar-refractivity contribution in [3.8, 4) is 22.3 Å². The Hall–Kier alpha value is -2.48. The van der Waals surface area contributed by atoms with Crippen molar-refractivity contribution >= 4 is 0 Å². The molecule has 168 valence electrons. The molecule has 0 radical (unpaired) electrons. The molecule has 32 heavy (non-hydrogen) atoms. The number of rotatable bonds is 6. The molecule has 3 aromatic carbocycles. The lowest BCUT2D eigenvalue weighted by Gasteiger charge is -2.29. The second-order valence-electron chi connectivity index (χ2n) is 9.57. The minimum atomic E-state index is -0.769. The van der Waals surface area contributed by atoms with Crippen LogP contribution in [0.15, 0.2) is 54.6 Å². The van der Waals surface area contributed by atoms with Crippen LogP contribution in [0.3, 0.4) is 0 Å². The number of aryl methyl sites for hydroxylation is 2. The molecule has 4 rings (SSSR count). The van der Waals surface area contributed by atoms with Crippen molar-refractivity contribution in [3.05, 3.63) is 82.9 Å². The molecule has 1 aliphatic carbocycles. The standard InChI is InChI=1S/C30H34F2/c1-4-5-6-22-8-10-23(11-9-22)24-12-14-25(15-13-24)26-16-18-27(21(3)19-26)28-17-7-20(2)29(31)30(28)32/h7,12-19,22-23H,4-6,8-11H2,1-3H3. The fraction of sp³-hybridized carbons (Fsp3) is 0.400. The van der Waals surface area contributed by atoms with E-state index < -0.39 is 11.6 Å². The topological polar surface area (TPSA) is 0 Å². The minimum absolute atomic E-state index is 0.321. The first-order valence-corrected chi connectivity index (χ1v) is 12.1. The van der Waals surface area contributed by atoms with Crippen LogP contribution in [0.5, 0.6) is 0 Å². The second kappa shape index (κ2) is 9.98. The monoisotopic (exact) mass is 432 g/mol. The molecular formula is C30H34F2. The maximum absolute atomic E-state index is 14.5. The number of hydrogen-bond donors (Lipinski definition) is 0. The predicted octanol–water partition coefficient (Wildman–Crippen LogP) is 9.38. The van der Waals surface area contributed by atoms with Gasteiger partial charge in [0.1, 0.15) is 0 Å². The molecule has 0 nitrogen and oxygen atoms in total. The average Bonchev–Trinajstić information content (AvgIpc) is 2.82. The molecule has 3 aromatic rings. The van der Waals surface area contributed by atoms with Gasteiger partial charge in [0.25, 0.3) is 0 Å². The minimum Gasteiger partial charge on any atom is -0.203 e. The Balaban J connectivity index is 1.48. The van der Waals surface area contributed by atoms with Crippen molar-refractivity contribution in [1.29, 1.82) is 0 Å². The van der Waals surface area contributed by atoms with Crippen molar-refractivity contribution in [2.75, 3.05) is 0 Å². The van der Waals surface area contributed by atoms with Crippen LogP contribution >= 0.6 is 0 Å². The van der Waals surface area contributed by atoms with E-state index in [2.05, 4.69) is 37.3 Å². The molecule has 1 saturated carbocycles. The van der Waals surface area contributed by atoms with E-state index in [9.17, 15) is 8.78 Å². The average molecular weight is 433 g/mol. The van der Waals surface area contributed by atoms with Gasteiger partial charge in [-0.3, -0.25) is 0 Å². The van der Waals surface area contributed by atoms with Crippen molar-refractivity contribution in [3.63, 3.8) is 0 Å². The van der Waals surface area contributed by atoms with Crippen molar-refractivity contribution in [2.24, 2.45) is 5.92 Å². The molecule has 0 aliphatic heterocycles. The van der Waals surface area contributed by atoms with Gasteiger partial charge in [0, 0.05) is 5.56 Å². The van der Waals surface area contributed by atoms with Gasteiger partial charge in [0.2, 0.25) is 0 Å². The molecule has 2 heteroatoms. The van der Waals surface area contributed by atoms with E-state index in [4.69, 9.17) is 0 Å². The first-order valence-electron chi connectivity index (χ1n) is 12.1. The summed E-state index contributed by atoms with van der Waals surface area (Å²) >= 11 is 0. The SMILES string of the molecule is CCCCC1CCC(c2ccc(-c3ccc(-c4ccc(C)c(F)c4F)c(C)c3)cc2)CC1. The van der Waals surface area contributed by atoms with Crippen LogP contribution < -0.4 is 0 Å². The number of benzene rings is 3. The Labute approximate surface area is 191 Å². The van der Waals surface area contributed by atoms with Gasteiger partial charge in [-0.1, -0.05) is 80.8 Å². The third-order valence-electron chi connectivity index (χ3n) is 7.32. The number of unbranched alkanes of at least 4 members (excludes halogenated alkanes) is 1. The van der Waals surface area contributed by atoms with Crippen LogP contribution in [0.4, 0.5) is 8.78 Å². The Kier molecular flexibility index (Phi) is 7.08. The van der Waals surface area contributed by atoms with Gasteiger partial charge in [-0.25, -0.2) is 8.78 Å². The van der Waals surface area contributed by atoms with E-state index in [1.54, 1.807) is 19.1 Å². The zero-order chi connectivity index (χ0) is 22.7. The molecule has 0 spiro atoms. The summed E-state index contributed by atoms with van der Waals surface area (Å²) in [6, 6.07) is 18.3. The van der Waals surface area contributed by atoms with E-state index in [1.807, 2.05) is 19.1 Å². The van der Waals surface area contributed by atoms with Crippen LogP contribution in [0, 0.1) is 31.4 Å². The van der Waals surface area contributed by atoms with Crippen LogP contribution in [0.1, 0.15) is 74.5 Å². The normalized spacial score (nSPS) is 18.7. The molecule has 1 aliphatic rings. The molecule has 1 fully saturated rings. The van der Waals surface area contributed by atoms with Crippen molar-refractivity contribution in [2.45, 2.75) is 71.6 Å². The Morgan fingerprint density at radius 1 is 0.719 bits per heavy atom. The van der Waals surface area contributed by atoms with Gasteiger partial charge >= 0.3 is 0 Å². The predicted molar refractivity (Wildman–Crippen MR) is 131 cm³/mol. The Bertz CT molecular complexity index is 1060. The largest absolute Gasteiger partial charge is 0.203 e. The quantitative estimate of drug-likeness (QED) is 0.364. The Morgan fingerprint density at radius 2 is 1.38 bits per heavy atom. The fourth-order valence-corrected chi connectivity index (χ4v) is 5.22. The summed E-state index contributed by atoms with van der Waals surface area (Å²) in [5, 5.41) is 0. The summed E-state index contributed by atoms with van der Waals surface area (Å²) < 4.78 is 28.5. The van der Waals surface area contributed by atoms with Crippen molar-refractivity contribution in [1.82, 2.24) is 0 Å². The zero-order valence-corrected chi connectivity index (χ0v) is 19.6. The van der Waals surface area contributed by atoms with Gasteiger partial charge in [0.15, 0.2) is 11.6 Å². The third-order valence-corrected chi connectivity index (χ3v) is 7.32. The number of hydrogen-bond acceptors (Lipinski definition) is 0. The summed E-state index contributed by atoms with van der Waals surface area (Å²) in [6.07, 6.45) is 9.41. The summed E-state index contributed by atoms with van der Waals surface area (Å²) in [4.78, 5) is 0. The second-order valence-corrected chi connectivity index (χ2v) is 9.57. The van der Waals surface area contributed by atoms with E-state index in [0.717, 1.165) is 28.2 Å². The van der Waals surface area contributed by atoms with Crippen molar-refractivity contribution < 1.29 is 8.78 Å². The lowest BCUT2D eigenvalue weighted by Crippen LogP contribution is -2.13. The smallest absolute Gasteiger partial charge is 0.166 e. The molecule has 0 aromatic heterocycles. The van der Waals surface area contributed by atoms with Crippen LogP contribution in [-0.2, 0) is 0 Å². The third kappa shape index (κ3) is 4.80. The summed E-state index contributed by atoms with van der Waals surface area (Å²) in [5.74, 6) is 0.0832. The molecule has 0 N–H and O–H groups in total.